The maximum atomic E-state index is 12.4. The summed E-state index contributed by atoms with van der Waals surface area (Å²) in [6.07, 6.45) is 3.60. The number of rotatable bonds is 8. The predicted octanol–water partition coefficient (Wildman–Crippen LogP) is 4.03. The molecule has 6 nitrogen and oxygen atoms in total. The summed E-state index contributed by atoms with van der Waals surface area (Å²) in [7, 11) is 0. The normalized spacial score (nSPS) is 10.4. The third-order valence-corrected chi connectivity index (χ3v) is 3.85. The van der Waals surface area contributed by atoms with E-state index in [0.717, 1.165) is 11.3 Å². The number of aromatic nitrogens is 2. The molecule has 0 amide bonds. The largest absolute Gasteiger partial charge is 0.490 e. The molecule has 0 aliphatic heterocycles. The molecule has 0 aliphatic carbocycles. The molecule has 2 aromatic carbocycles. The molecule has 3 aromatic rings. The van der Waals surface area contributed by atoms with Gasteiger partial charge in [-0.15, -0.1) is 0 Å². The quantitative estimate of drug-likeness (QED) is 0.563. The second-order valence-electron chi connectivity index (χ2n) is 5.72. The van der Waals surface area contributed by atoms with Crippen LogP contribution in [-0.4, -0.2) is 29.0 Å². The van der Waals surface area contributed by atoms with E-state index in [0.29, 0.717) is 30.3 Å². The van der Waals surface area contributed by atoms with E-state index < -0.39 is 5.97 Å². The Hall–Kier alpha value is -3.28. The van der Waals surface area contributed by atoms with Gasteiger partial charge in [-0.25, -0.2) is 9.48 Å². The Morgan fingerprint density at radius 1 is 1.00 bits per heavy atom. The first kappa shape index (κ1) is 18.5. The van der Waals surface area contributed by atoms with Gasteiger partial charge in [0.05, 0.1) is 24.5 Å². The van der Waals surface area contributed by atoms with Crippen LogP contribution >= 0.6 is 0 Å². The highest BCUT2D eigenvalue weighted by molar-refractivity contribution is 5.90. The van der Waals surface area contributed by atoms with Crippen LogP contribution in [0.5, 0.6) is 11.5 Å². The zero-order chi connectivity index (χ0) is 19.1. The Balaban J connectivity index is 1.64. The molecule has 0 saturated heterocycles. The van der Waals surface area contributed by atoms with Crippen LogP contribution in [0.4, 0.5) is 0 Å². The number of ether oxygens (including phenoxy) is 3. The van der Waals surface area contributed by atoms with Gasteiger partial charge < -0.3 is 14.2 Å². The molecule has 0 aliphatic rings. The van der Waals surface area contributed by atoms with E-state index >= 15 is 0 Å². The van der Waals surface area contributed by atoms with Crippen molar-refractivity contribution in [1.29, 1.82) is 0 Å². The van der Waals surface area contributed by atoms with Gasteiger partial charge in [-0.05, 0) is 55.8 Å². The fourth-order valence-electron chi connectivity index (χ4n) is 2.58. The zero-order valence-electron chi connectivity index (χ0n) is 15.4. The molecule has 0 spiro atoms. The number of hydrogen-bond donors (Lipinski definition) is 0. The summed E-state index contributed by atoms with van der Waals surface area (Å²) < 4.78 is 18.3. The summed E-state index contributed by atoms with van der Waals surface area (Å²) in [6, 6.07) is 14.6. The van der Waals surface area contributed by atoms with Gasteiger partial charge in [-0.3, -0.25) is 0 Å². The highest BCUT2D eigenvalue weighted by atomic mass is 16.5. The second-order valence-corrected chi connectivity index (χ2v) is 5.72. The average Bonchev–Trinajstić information content (AvgIpc) is 3.23. The third kappa shape index (κ3) is 4.67. The minimum absolute atomic E-state index is 0.190. The van der Waals surface area contributed by atoms with Gasteiger partial charge in [0.25, 0.3) is 0 Å². The molecule has 140 valence electrons. The molecular formula is C21H22N2O4. The van der Waals surface area contributed by atoms with Crippen molar-refractivity contribution >= 4 is 5.97 Å². The number of hydrogen-bond acceptors (Lipinski definition) is 5. The number of esters is 1. The first-order chi connectivity index (χ1) is 13.2. The van der Waals surface area contributed by atoms with E-state index in [1.165, 1.54) is 0 Å². The minimum atomic E-state index is -0.407. The smallest absolute Gasteiger partial charge is 0.338 e. The molecule has 0 fully saturated rings. The Labute approximate surface area is 158 Å². The number of benzene rings is 2. The second kappa shape index (κ2) is 8.89. The standard InChI is InChI=1S/C21H22N2O4/c1-3-25-19-11-8-17(14-20(19)26-4-2)21(24)27-15-16-6-9-18(10-7-16)23-13-5-12-22-23/h5-14H,3-4,15H2,1-2H3. The van der Waals surface area contributed by atoms with Crippen molar-refractivity contribution in [3.63, 3.8) is 0 Å². The lowest BCUT2D eigenvalue weighted by atomic mass is 10.2. The van der Waals surface area contributed by atoms with E-state index in [4.69, 9.17) is 14.2 Å². The molecule has 0 atom stereocenters. The maximum Gasteiger partial charge on any atom is 0.338 e. The average molecular weight is 366 g/mol. The fourth-order valence-corrected chi connectivity index (χ4v) is 2.58. The minimum Gasteiger partial charge on any atom is -0.490 e. The number of carbonyl (C=O) groups is 1. The van der Waals surface area contributed by atoms with E-state index in [1.54, 1.807) is 29.1 Å². The molecule has 3 rings (SSSR count). The molecule has 27 heavy (non-hydrogen) atoms. The van der Waals surface area contributed by atoms with Crippen LogP contribution in [-0.2, 0) is 11.3 Å². The number of nitrogens with zero attached hydrogens (tertiary/aromatic N) is 2. The van der Waals surface area contributed by atoms with E-state index in [-0.39, 0.29) is 6.61 Å². The van der Waals surface area contributed by atoms with E-state index in [9.17, 15) is 4.79 Å². The topological polar surface area (TPSA) is 62.6 Å². The lowest BCUT2D eigenvalue weighted by Crippen LogP contribution is -2.07. The van der Waals surface area contributed by atoms with Crippen molar-refractivity contribution in [3.05, 3.63) is 72.1 Å². The van der Waals surface area contributed by atoms with Crippen molar-refractivity contribution in [2.75, 3.05) is 13.2 Å². The summed E-state index contributed by atoms with van der Waals surface area (Å²) in [4.78, 5) is 12.4. The molecule has 0 bridgehead atoms. The molecule has 0 unspecified atom stereocenters. The summed E-state index contributed by atoms with van der Waals surface area (Å²) in [5.41, 5.74) is 2.27. The van der Waals surface area contributed by atoms with Crippen molar-refractivity contribution in [1.82, 2.24) is 9.78 Å². The van der Waals surface area contributed by atoms with Gasteiger partial charge in [0.15, 0.2) is 11.5 Å². The van der Waals surface area contributed by atoms with Gasteiger partial charge in [0, 0.05) is 12.4 Å². The van der Waals surface area contributed by atoms with Crippen LogP contribution in [0.1, 0.15) is 29.8 Å². The highest BCUT2D eigenvalue weighted by Crippen LogP contribution is 2.29. The summed E-state index contributed by atoms with van der Waals surface area (Å²) in [5, 5.41) is 4.18. The lowest BCUT2D eigenvalue weighted by Gasteiger charge is -2.12. The van der Waals surface area contributed by atoms with Crippen LogP contribution in [0.3, 0.4) is 0 Å². The van der Waals surface area contributed by atoms with Crippen LogP contribution in [0.2, 0.25) is 0 Å². The van der Waals surface area contributed by atoms with Crippen molar-refractivity contribution in [2.45, 2.75) is 20.5 Å². The predicted molar refractivity (Wildman–Crippen MR) is 101 cm³/mol. The maximum absolute atomic E-state index is 12.4. The molecule has 0 N–H and O–H groups in total. The lowest BCUT2D eigenvalue weighted by molar-refractivity contribution is 0.0472. The summed E-state index contributed by atoms with van der Waals surface area (Å²) in [6.45, 7) is 4.98. The van der Waals surface area contributed by atoms with Crippen LogP contribution in [0.15, 0.2) is 60.9 Å². The molecule has 1 aromatic heterocycles. The Kier molecular flexibility index (Phi) is 6.10. The zero-order valence-corrected chi connectivity index (χ0v) is 15.4. The highest BCUT2D eigenvalue weighted by Gasteiger charge is 2.13. The van der Waals surface area contributed by atoms with Crippen LogP contribution in [0, 0.1) is 0 Å². The first-order valence-corrected chi connectivity index (χ1v) is 8.87. The Morgan fingerprint density at radius 3 is 2.41 bits per heavy atom. The first-order valence-electron chi connectivity index (χ1n) is 8.87. The van der Waals surface area contributed by atoms with Gasteiger partial charge in [-0.2, -0.15) is 5.10 Å². The molecular weight excluding hydrogens is 344 g/mol. The van der Waals surface area contributed by atoms with Gasteiger partial charge in [0.2, 0.25) is 0 Å². The van der Waals surface area contributed by atoms with Crippen LogP contribution < -0.4 is 9.47 Å². The van der Waals surface area contributed by atoms with Gasteiger partial charge in [0.1, 0.15) is 6.61 Å². The van der Waals surface area contributed by atoms with E-state index in [2.05, 4.69) is 5.10 Å². The fraction of sp³-hybridized carbons (Fsp3) is 0.238. The van der Waals surface area contributed by atoms with Crippen molar-refractivity contribution < 1.29 is 19.0 Å². The molecule has 1 heterocycles. The Morgan fingerprint density at radius 2 is 1.74 bits per heavy atom. The Bertz CT molecular complexity index is 874. The van der Waals surface area contributed by atoms with Crippen molar-refractivity contribution in [3.8, 4) is 17.2 Å². The summed E-state index contributed by atoms with van der Waals surface area (Å²) >= 11 is 0. The summed E-state index contributed by atoms with van der Waals surface area (Å²) in [5.74, 6) is 0.748. The van der Waals surface area contributed by atoms with Crippen molar-refractivity contribution in [2.24, 2.45) is 0 Å². The third-order valence-electron chi connectivity index (χ3n) is 3.85. The van der Waals surface area contributed by atoms with Gasteiger partial charge >= 0.3 is 5.97 Å². The molecule has 0 saturated carbocycles. The molecule has 6 heteroatoms. The van der Waals surface area contributed by atoms with E-state index in [1.807, 2.05) is 50.4 Å². The number of carbonyl (C=O) groups excluding carboxylic acids is 1. The van der Waals surface area contributed by atoms with Gasteiger partial charge in [-0.1, -0.05) is 12.1 Å². The monoisotopic (exact) mass is 366 g/mol. The molecule has 0 radical (unpaired) electrons. The van der Waals surface area contributed by atoms with Crippen LogP contribution in [0.25, 0.3) is 5.69 Å². The SMILES string of the molecule is CCOc1ccc(C(=O)OCc2ccc(-n3cccn3)cc2)cc1OCC.